The predicted octanol–water partition coefficient (Wildman–Crippen LogP) is 4.00. The largest absolute Gasteiger partial charge is 0.416 e. The number of carbonyl (C=O) groups is 2. The second kappa shape index (κ2) is 11.7. The minimum Gasteiger partial charge on any atom is -0.340 e. The van der Waals surface area contributed by atoms with Crippen molar-refractivity contribution < 1.29 is 31.2 Å². The van der Waals surface area contributed by atoms with Crippen LogP contribution in [0.1, 0.15) is 48.0 Å². The van der Waals surface area contributed by atoms with Crippen molar-refractivity contribution in [1.29, 1.82) is 0 Å². The number of likely N-dealkylation sites (tertiary alicyclic amines) is 1. The molecule has 212 valence electrons. The van der Waals surface area contributed by atoms with E-state index in [4.69, 9.17) is 0 Å². The van der Waals surface area contributed by atoms with E-state index >= 15 is 0 Å². The van der Waals surface area contributed by atoms with E-state index in [9.17, 15) is 31.2 Å². The van der Waals surface area contributed by atoms with Crippen LogP contribution in [0.25, 0.3) is 0 Å². The molecule has 2 unspecified atom stereocenters. The molecule has 0 bridgehead atoms. The minimum absolute atomic E-state index is 0.100. The van der Waals surface area contributed by atoms with Gasteiger partial charge in [0.25, 0.3) is 5.91 Å². The molecule has 1 aliphatic carbocycles. The van der Waals surface area contributed by atoms with Crippen molar-refractivity contribution in [1.82, 2.24) is 15.1 Å². The van der Waals surface area contributed by atoms with Crippen LogP contribution in [0.2, 0.25) is 0 Å². The summed E-state index contributed by atoms with van der Waals surface area (Å²) in [6.07, 6.45) is -1.61. The highest BCUT2D eigenvalue weighted by atomic mass is 32.2. The van der Waals surface area contributed by atoms with Gasteiger partial charge in [0.2, 0.25) is 5.91 Å². The summed E-state index contributed by atoms with van der Waals surface area (Å²) in [6.45, 7) is 0.438. The summed E-state index contributed by atoms with van der Waals surface area (Å²) < 4.78 is 65.9. The van der Waals surface area contributed by atoms with Crippen LogP contribution < -0.4 is 5.32 Å². The number of alkyl halides is 3. The minimum atomic E-state index is -4.59. The van der Waals surface area contributed by atoms with Crippen LogP contribution >= 0.6 is 0 Å². The van der Waals surface area contributed by atoms with Crippen molar-refractivity contribution in [3.05, 3.63) is 65.7 Å². The van der Waals surface area contributed by atoms with Gasteiger partial charge in [0, 0.05) is 24.2 Å². The van der Waals surface area contributed by atoms with Gasteiger partial charge < -0.3 is 15.1 Å². The first-order chi connectivity index (χ1) is 18.4. The number of nitrogens with zero attached hydrogens (tertiary/aromatic N) is 2. The van der Waals surface area contributed by atoms with Gasteiger partial charge >= 0.3 is 6.18 Å². The van der Waals surface area contributed by atoms with Gasteiger partial charge in [-0.2, -0.15) is 13.2 Å². The molecule has 1 saturated heterocycles. The SMILES string of the molecule is CN(C)[C@@H]1CCC(N2CCCC(NC(=O)c3cccc(C(F)(F)F)c3)C2=O)[C@H](CS(=O)(=O)c2ccccc2)C1. The van der Waals surface area contributed by atoms with Crippen molar-refractivity contribution in [2.24, 2.45) is 5.92 Å². The fourth-order valence-electron chi connectivity index (χ4n) is 5.73. The number of sulfone groups is 1. The van der Waals surface area contributed by atoms with Crippen molar-refractivity contribution >= 4 is 21.7 Å². The molecule has 4 atom stereocenters. The van der Waals surface area contributed by atoms with Gasteiger partial charge in [0.1, 0.15) is 6.04 Å². The fourth-order valence-corrected chi connectivity index (χ4v) is 7.41. The molecule has 39 heavy (non-hydrogen) atoms. The molecule has 2 fully saturated rings. The second-order valence-corrected chi connectivity index (χ2v) is 12.7. The first-order valence-electron chi connectivity index (χ1n) is 13.1. The zero-order valence-electron chi connectivity index (χ0n) is 22.0. The van der Waals surface area contributed by atoms with E-state index in [1.54, 1.807) is 35.2 Å². The number of piperidine rings is 1. The van der Waals surface area contributed by atoms with Gasteiger partial charge in [-0.25, -0.2) is 8.42 Å². The number of hydrogen-bond acceptors (Lipinski definition) is 5. The molecule has 7 nitrogen and oxygen atoms in total. The maximum absolute atomic E-state index is 13.6. The number of hydrogen-bond donors (Lipinski definition) is 1. The first-order valence-corrected chi connectivity index (χ1v) is 14.7. The van der Waals surface area contributed by atoms with Gasteiger partial charge in [-0.1, -0.05) is 24.3 Å². The molecule has 1 N–H and O–H groups in total. The topological polar surface area (TPSA) is 86.8 Å². The fraction of sp³-hybridized carbons (Fsp3) is 0.500. The third kappa shape index (κ3) is 6.81. The lowest BCUT2D eigenvalue weighted by molar-refractivity contribution is -0.140. The Bertz CT molecular complexity index is 1280. The maximum atomic E-state index is 13.6. The summed E-state index contributed by atoms with van der Waals surface area (Å²) in [6, 6.07) is 11.3. The molecular weight excluding hydrogens is 531 g/mol. The molecule has 4 rings (SSSR count). The van der Waals surface area contributed by atoms with E-state index in [1.807, 2.05) is 14.1 Å². The molecule has 1 saturated carbocycles. The van der Waals surface area contributed by atoms with Gasteiger partial charge in [0.05, 0.1) is 16.2 Å². The van der Waals surface area contributed by atoms with Gasteiger partial charge in [-0.05, 0) is 82.4 Å². The van der Waals surface area contributed by atoms with E-state index < -0.39 is 33.5 Å². The molecule has 0 aromatic heterocycles. The summed E-state index contributed by atoms with van der Waals surface area (Å²) in [5.74, 6) is -1.48. The van der Waals surface area contributed by atoms with E-state index in [-0.39, 0.29) is 40.1 Å². The Morgan fingerprint density at radius 1 is 1.05 bits per heavy atom. The number of halogens is 3. The summed E-state index contributed by atoms with van der Waals surface area (Å²) in [4.78, 5) is 30.4. The average Bonchev–Trinajstić information content (AvgIpc) is 2.90. The Hall–Kier alpha value is -2.92. The van der Waals surface area contributed by atoms with Gasteiger partial charge in [-0.15, -0.1) is 0 Å². The van der Waals surface area contributed by atoms with E-state index in [2.05, 4.69) is 10.2 Å². The number of benzene rings is 2. The van der Waals surface area contributed by atoms with Gasteiger partial charge in [0.15, 0.2) is 9.84 Å². The van der Waals surface area contributed by atoms with Crippen LogP contribution in [0.3, 0.4) is 0 Å². The lowest BCUT2D eigenvalue weighted by Crippen LogP contribution is -2.59. The Morgan fingerprint density at radius 3 is 2.44 bits per heavy atom. The molecular formula is C28H34F3N3O4S. The molecule has 2 amide bonds. The summed E-state index contributed by atoms with van der Waals surface area (Å²) >= 11 is 0. The highest BCUT2D eigenvalue weighted by molar-refractivity contribution is 7.91. The second-order valence-electron chi connectivity index (χ2n) is 10.6. The molecule has 1 heterocycles. The Balaban J connectivity index is 1.52. The highest BCUT2D eigenvalue weighted by Crippen LogP contribution is 2.35. The predicted molar refractivity (Wildman–Crippen MR) is 141 cm³/mol. The smallest absolute Gasteiger partial charge is 0.340 e. The zero-order valence-corrected chi connectivity index (χ0v) is 22.8. The Labute approximate surface area is 227 Å². The molecule has 2 aliphatic rings. The van der Waals surface area contributed by atoms with Crippen molar-refractivity contribution in [2.45, 2.75) is 61.3 Å². The summed E-state index contributed by atoms with van der Waals surface area (Å²) in [5, 5.41) is 2.62. The van der Waals surface area contributed by atoms with Crippen LogP contribution in [0.15, 0.2) is 59.5 Å². The number of carbonyl (C=O) groups excluding carboxylic acids is 2. The monoisotopic (exact) mass is 565 g/mol. The van der Waals surface area contributed by atoms with Crippen molar-refractivity contribution in [3.8, 4) is 0 Å². The molecule has 2 aromatic carbocycles. The van der Waals surface area contributed by atoms with Crippen LogP contribution in [-0.2, 0) is 20.8 Å². The quantitative estimate of drug-likeness (QED) is 0.549. The normalized spacial score (nSPS) is 24.6. The summed E-state index contributed by atoms with van der Waals surface area (Å²) in [7, 11) is 0.314. The lowest BCUT2D eigenvalue weighted by atomic mass is 9.80. The lowest BCUT2D eigenvalue weighted by Gasteiger charge is -2.46. The molecule has 11 heteroatoms. The van der Waals surface area contributed by atoms with Crippen LogP contribution in [0, 0.1) is 5.92 Å². The Morgan fingerprint density at radius 2 is 1.77 bits per heavy atom. The van der Waals surface area contributed by atoms with E-state index in [1.165, 1.54) is 6.07 Å². The van der Waals surface area contributed by atoms with E-state index in [0.717, 1.165) is 24.6 Å². The first kappa shape index (κ1) is 29.1. The van der Waals surface area contributed by atoms with Gasteiger partial charge in [-0.3, -0.25) is 9.59 Å². The number of nitrogens with one attached hydrogen (secondary N) is 1. The average molecular weight is 566 g/mol. The molecule has 1 aliphatic heterocycles. The van der Waals surface area contributed by atoms with Crippen LogP contribution in [0.5, 0.6) is 0 Å². The molecule has 0 radical (unpaired) electrons. The Kier molecular flexibility index (Phi) is 8.70. The third-order valence-corrected chi connectivity index (χ3v) is 9.67. The molecule has 2 aromatic rings. The van der Waals surface area contributed by atoms with Crippen LogP contribution in [-0.4, -0.2) is 74.6 Å². The third-order valence-electron chi connectivity index (χ3n) is 7.81. The number of rotatable bonds is 7. The van der Waals surface area contributed by atoms with Crippen molar-refractivity contribution in [3.63, 3.8) is 0 Å². The molecule has 0 spiro atoms. The highest BCUT2D eigenvalue weighted by Gasteiger charge is 2.42. The standard InChI is InChI=1S/C28H34F3N3O4S/c1-33(2)22-13-14-25(20(17-22)18-39(37,38)23-10-4-3-5-11-23)34-15-7-12-24(27(34)36)32-26(35)19-8-6-9-21(16-19)28(29,30)31/h3-6,8-11,16,20,22,24-25H,7,12-15,17-18H2,1-2H3,(H,32,35)/t20-,22+,24?,25?/m0/s1. The number of amides is 2. The van der Waals surface area contributed by atoms with Crippen LogP contribution in [0.4, 0.5) is 13.2 Å². The maximum Gasteiger partial charge on any atom is 0.416 e. The zero-order chi connectivity index (χ0) is 28.4. The van der Waals surface area contributed by atoms with E-state index in [0.29, 0.717) is 32.2 Å². The summed E-state index contributed by atoms with van der Waals surface area (Å²) in [5.41, 5.74) is -1.11. The van der Waals surface area contributed by atoms with Crippen molar-refractivity contribution in [2.75, 3.05) is 26.4 Å².